The minimum atomic E-state index is 0.0733. The van der Waals surface area contributed by atoms with Crippen molar-refractivity contribution in [3.8, 4) is 34.3 Å². The van der Waals surface area contributed by atoms with Crippen molar-refractivity contribution in [2.75, 3.05) is 13.2 Å². The maximum Gasteiger partial charge on any atom is 0.161 e. The third kappa shape index (κ3) is 3.60. The van der Waals surface area contributed by atoms with E-state index in [9.17, 15) is 5.26 Å². The number of aromatic nitrogens is 3. The van der Waals surface area contributed by atoms with Crippen LogP contribution in [0.3, 0.4) is 0 Å². The highest BCUT2D eigenvalue weighted by atomic mass is 16.5. The van der Waals surface area contributed by atoms with E-state index in [-0.39, 0.29) is 6.10 Å². The summed E-state index contributed by atoms with van der Waals surface area (Å²) < 4.78 is 17.8. The van der Waals surface area contributed by atoms with Gasteiger partial charge < -0.3 is 13.9 Å². The molecule has 2 aromatic carbocycles. The summed E-state index contributed by atoms with van der Waals surface area (Å²) in [6.45, 7) is 1.38. The molecule has 3 aromatic heterocycles. The Morgan fingerprint density at radius 3 is 2.79 bits per heavy atom. The van der Waals surface area contributed by atoms with Crippen molar-refractivity contribution >= 4 is 22.0 Å². The van der Waals surface area contributed by atoms with Gasteiger partial charge in [0.05, 0.1) is 30.5 Å². The molecule has 0 amide bonds. The molecule has 162 valence electrons. The van der Waals surface area contributed by atoms with E-state index in [2.05, 4.69) is 21.3 Å². The van der Waals surface area contributed by atoms with Crippen LogP contribution in [0.25, 0.3) is 44.5 Å². The number of rotatable bonds is 4. The topological polar surface area (TPSA) is 97.0 Å². The number of nitriles is 1. The molecule has 0 spiro atoms. The lowest BCUT2D eigenvalue weighted by atomic mass is 10.0. The second-order valence-corrected chi connectivity index (χ2v) is 8.11. The predicted octanol–water partition coefficient (Wildman–Crippen LogP) is 5.47. The fourth-order valence-corrected chi connectivity index (χ4v) is 4.26. The molecule has 6 rings (SSSR count). The molecule has 1 fully saturated rings. The van der Waals surface area contributed by atoms with Gasteiger partial charge in [0.2, 0.25) is 0 Å². The van der Waals surface area contributed by atoms with Gasteiger partial charge in [-0.15, -0.1) is 0 Å². The number of benzene rings is 2. The monoisotopic (exact) mass is 436 g/mol. The highest BCUT2D eigenvalue weighted by molar-refractivity contribution is 5.93. The Balaban J connectivity index is 1.38. The summed E-state index contributed by atoms with van der Waals surface area (Å²) in [7, 11) is 0. The predicted molar refractivity (Wildman–Crippen MR) is 124 cm³/mol. The summed E-state index contributed by atoms with van der Waals surface area (Å²) in [5.41, 5.74) is 5.58. The molecule has 4 heterocycles. The highest BCUT2D eigenvalue weighted by Crippen LogP contribution is 2.36. The van der Waals surface area contributed by atoms with Gasteiger partial charge in [-0.05, 0) is 29.8 Å². The van der Waals surface area contributed by atoms with Crippen LogP contribution in [-0.4, -0.2) is 34.5 Å². The molecular formula is C26H20N4O3. The Labute approximate surface area is 189 Å². The van der Waals surface area contributed by atoms with E-state index >= 15 is 0 Å². The fourth-order valence-electron chi connectivity index (χ4n) is 4.26. The van der Waals surface area contributed by atoms with Gasteiger partial charge in [0.15, 0.2) is 5.58 Å². The lowest BCUT2D eigenvalue weighted by Crippen LogP contribution is -2.26. The molecule has 0 unspecified atom stereocenters. The first-order valence-corrected chi connectivity index (χ1v) is 10.9. The van der Waals surface area contributed by atoms with Crippen LogP contribution in [0.1, 0.15) is 18.4 Å². The Hall–Kier alpha value is -4.15. The molecule has 0 bridgehead atoms. The lowest BCUT2D eigenvalue weighted by Gasteiger charge is -2.23. The summed E-state index contributed by atoms with van der Waals surface area (Å²) in [5, 5.41) is 17.9. The first-order chi connectivity index (χ1) is 16.3. The second-order valence-electron chi connectivity index (χ2n) is 8.11. The Kier molecular flexibility index (Phi) is 4.78. The van der Waals surface area contributed by atoms with Crippen molar-refractivity contribution in [1.29, 1.82) is 5.26 Å². The quantitative estimate of drug-likeness (QED) is 0.401. The summed E-state index contributed by atoms with van der Waals surface area (Å²) >= 11 is 0. The lowest BCUT2D eigenvalue weighted by molar-refractivity contribution is 0.0254. The maximum atomic E-state index is 9.76. The van der Waals surface area contributed by atoms with E-state index < -0.39 is 0 Å². The molecule has 0 saturated carbocycles. The number of aromatic amines is 1. The van der Waals surface area contributed by atoms with E-state index in [1.54, 1.807) is 12.4 Å². The van der Waals surface area contributed by atoms with Gasteiger partial charge in [-0.1, -0.05) is 18.2 Å². The van der Waals surface area contributed by atoms with Crippen LogP contribution < -0.4 is 4.74 Å². The minimum absolute atomic E-state index is 0.0733. The molecule has 0 atom stereocenters. The number of pyridine rings is 1. The molecule has 7 heteroatoms. The van der Waals surface area contributed by atoms with Crippen LogP contribution in [-0.2, 0) is 4.74 Å². The van der Waals surface area contributed by atoms with Crippen molar-refractivity contribution in [2.24, 2.45) is 0 Å². The zero-order valence-electron chi connectivity index (χ0n) is 17.7. The fraction of sp³-hybridized carbons (Fsp3) is 0.192. The molecular weight excluding hydrogens is 416 g/mol. The molecule has 33 heavy (non-hydrogen) atoms. The standard InChI is InChI=1S/C26H20N4O3/c27-14-19-11-16(3-4-24(19)32-20-6-9-31-10-7-20)21-5-8-28-23-13-25(33-26(21)23)17-1-2-18-15-29-30-22(18)12-17/h1-5,8,11-13,15,20H,6-7,9-10H2,(H,29,30). The number of furan rings is 1. The zero-order valence-corrected chi connectivity index (χ0v) is 17.7. The Morgan fingerprint density at radius 1 is 1.03 bits per heavy atom. The van der Waals surface area contributed by atoms with Crippen LogP contribution in [0.4, 0.5) is 0 Å². The number of ether oxygens (including phenoxy) is 2. The average molecular weight is 436 g/mol. The van der Waals surface area contributed by atoms with Crippen LogP contribution in [0.15, 0.2) is 65.3 Å². The zero-order chi connectivity index (χ0) is 22.2. The highest BCUT2D eigenvalue weighted by Gasteiger charge is 2.19. The van der Waals surface area contributed by atoms with Gasteiger partial charge in [0.1, 0.15) is 29.2 Å². The van der Waals surface area contributed by atoms with E-state index in [1.165, 1.54) is 0 Å². The SMILES string of the molecule is N#Cc1cc(-c2ccnc3cc(-c4ccc5cn[nH]c5c4)oc23)ccc1OC1CCOCC1. The van der Waals surface area contributed by atoms with Crippen LogP contribution in [0.2, 0.25) is 0 Å². The maximum absolute atomic E-state index is 9.76. The second kappa shape index (κ2) is 8.08. The molecule has 7 nitrogen and oxygen atoms in total. The van der Waals surface area contributed by atoms with E-state index in [4.69, 9.17) is 13.9 Å². The third-order valence-corrected chi connectivity index (χ3v) is 6.01. The Morgan fingerprint density at radius 2 is 1.91 bits per heavy atom. The first kappa shape index (κ1) is 19.5. The van der Waals surface area contributed by atoms with Crippen LogP contribution in [0, 0.1) is 11.3 Å². The van der Waals surface area contributed by atoms with E-state index in [1.807, 2.05) is 48.5 Å². The smallest absolute Gasteiger partial charge is 0.161 e. The van der Waals surface area contributed by atoms with Crippen molar-refractivity contribution in [3.63, 3.8) is 0 Å². The van der Waals surface area contributed by atoms with Gasteiger partial charge in [-0.3, -0.25) is 10.1 Å². The number of nitrogens with one attached hydrogen (secondary N) is 1. The number of hydrogen-bond acceptors (Lipinski definition) is 6. The van der Waals surface area contributed by atoms with Gasteiger partial charge in [-0.25, -0.2) is 0 Å². The van der Waals surface area contributed by atoms with Gasteiger partial charge in [-0.2, -0.15) is 10.4 Å². The van der Waals surface area contributed by atoms with Gasteiger partial charge in [0, 0.05) is 41.6 Å². The largest absolute Gasteiger partial charge is 0.489 e. The number of hydrogen-bond donors (Lipinski definition) is 1. The number of nitrogens with zero attached hydrogens (tertiary/aromatic N) is 3. The summed E-state index contributed by atoms with van der Waals surface area (Å²) in [6, 6.07) is 17.8. The molecule has 1 aliphatic rings. The van der Waals surface area contributed by atoms with Crippen molar-refractivity contribution in [3.05, 3.63) is 66.5 Å². The first-order valence-electron chi connectivity index (χ1n) is 10.9. The average Bonchev–Trinajstić information content (AvgIpc) is 3.51. The van der Waals surface area contributed by atoms with E-state index in [0.717, 1.165) is 51.7 Å². The summed E-state index contributed by atoms with van der Waals surface area (Å²) in [4.78, 5) is 4.49. The molecule has 0 radical (unpaired) electrons. The molecule has 1 saturated heterocycles. The number of H-pyrrole nitrogens is 1. The van der Waals surface area contributed by atoms with Crippen molar-refractivity contribution in [2.45, 2.75) is 18.9 Å². The summed E-state index contributed by atoms with van der Waals surface area (Å²) in [6.07, 6.45) is 5.28. The Bertz CT molecular complexity index is 1510. The van der Waals surface area contributed by atoms with Gasteiger partial charge >= 0.3 is 0 Å². The van der Waals surface area contributed by atoms with Gasteiger partial charge in [0.25, 0.3) is 0 Å². The van der Waals surface area contributed by atoms with E-state index in [0.29, 0.717) is 30.1 Å². The normalized spacial score (nSPS) is 14.5. The molecule has 0 aliphatic carbocycles. The summed E-state index contributed by atoms with van der Waals surface area (Å²) in [5.74, 6) is 1.33. The molecule has 1 aliphatic heterocycles. The van der Waals surface area contributed by atoms with Crippen molar-refractivity contribution < 1.29 is 13.9 Å². The van der Waals surface area contributed by atoms with Crippen LogP contribution in [0.5, 0.6) is 5.75 Å². The third-order valence-electron chi connectivity index (χ3n) is 6.01. The molecule has 5 aromatic rings. The number of fused-ring (bicyclic) bond motifs is 2. The van der Waals surface area contributed by atoms with Crippen molar-refractivity contribution in [1.82, 2.24) is 15.2 Å². The van der Waals surface area contributed by atoms with Crippen LogP contribution >= 0.6 is 0 Å². The molecule has 1 N–H and O–H groups in total. The minimum Gasteiger partial charge on any atom is -0.489 e.